The first-order valence-corrected chi connectivity index (χ1v) is 12.4. The molecule has 200 valence electrons. The number of nitrogens with zero attached hydrogens (tertiary/aromatic N) is 1. The number of para-hydroxylation sites is 1. The van der Waals surface area contributed by atoms with Gasteiger partial charge in [0, 0.05) is 23.7 Å². The number of hydrogen-bond acceptors (Lipinski definition) is 4. The average molecular weight is 530 g/mol. The van der Waals surface area contributed by atoms with Crippen LogP contribution in [0.3, 0.4) is 0 Å². The molecule has 0 amide bonds. The van der Waals surface area contributed by atoms with Crippen LogP contribution in [0.2, 0.25) is 0 Å². The summed E-state index contributed by atoms with van der Waals surface area (Å²) in [5.74, 6) is -3.62. The van der Waals surface area contributed by atoms with Crippen molar-refractivity contribution in [3.8, 4) is 0 Å². The number of fused-ring (bicyclic) bond motifs is 2. The van der Waals surface area contributed by atoms with Gasteiger partial charge in [0.15, 0.2) is 0 Å². The number of rotatable bonds is 6. The van der Waals surface area contributed by atoms with E-state index in [9.17, 15) is 18.8 Å². The van der Waals surface area contributed by atoms with Crippen LogP contribution in [0.4, 0.5) is 4.39 Å². The molecular formula is C31H28FNO6. The van der Waals surface area contributed by atoms with Crippen molar-refractivity contribution >= 4 is 39.6 Å². The van der Waals surface area contributed by atoms with E-state index in [1.54, 1.807) is 0 Å². The number of carbonyl (C=O) groups excluding carboxylic acids is 1. The van der Waals surface area contributed by atoms with Gasteiger partial charge in [0.25, 0.3) is 0 Å². The SMILES string of the molecule is CC1(C(=O)O)C=C(F)C=C(C(=O)O)C1.CCOC(=O)c1cccc2ccn(Cc3ccc4ccccc4c3)c12. The maximum absolute atomic E-state index is 12.9. The molecule has 5 rings (SSSR count). The maximum Gasteiger partial charge on any atom is 0.340 e. The van der Waals surface area contributed by atoms with E-state index >= 15 is 0 Å². The summed E-state index contributed by atoms with van der Waals surface area (Å²) in [6.07, 6.45) is 3.59. The molecule has 0 bridgehead atoms. The molecule has 2 N–H and O–H groups in total. The topological polar surface area (TPSA) is 106 Å². The molecule has 7 nitrogen and oxygen atoms in total. The van der Waals surface area contributed by atoms with Crippen LogP contribution in [0, 0.1) is 5.41 Å². The largest absolute Gasteiger partial charge is 0.481 e. The van der Waals surface area contributed by atoms with Crippen molar-refractivity contribution in [2.45, 2.75) is 26.8 Å². The van der Waals surface area contributed by atoms with Crippen LogP contribution in [-0.4, -0.2) is 39.3 Å². The Morgan fingerprint density at radius 3 is 2.38 bits per heavy atom. The molecule has 0 saturated heterocycles. The van der Waals surface area contributed by atoms with E-state index in [1.807, 2.05) is 43.5 Å². The predicted octanol–water partition coefficient (Wildman–Crippen LogP) is 6.36. The van der Waals surface area contributed by atoms with Gasteiger partial charge in [0.2, 0.25) is 0 Å². The third-order valence-corrected chi connectivity index (χ3v) is 6.54. The molecule has 1 aliphatic rings. The summed E-state index contributed by atoms with van der Waals surface area (Å²) in [4.78, 5) is 33.6. The summed E-state index contributed by atoms with van der Waals surface area (Å²) in [6, 6.07) is 22.6. The third-order valence-electron chi connectivity index (χ3n) is 6.54. The lowest BCUT2D eigenvalue weighted by Crippen LogP contribution is -2.29. The second kappa shape index (κ2) is 11.3. The fourth-order valence-electron chi connectivity index (χ4n) is 4.59. The smallest absolute Gasteiger partial charge is 0.340 e. The Labute approximate surface area is 224 Å². The normalized spacial score (nSPS) is 16.6. The van der Waals surface area contributed by atoms with E-state index in [2.05, 4.69) is 41.0 Å². The van der Waals surface area contributed by atoms with Crippen molar-refractivity contribution in [1.29, 1.82) is 0 Å². The number of carboxylic acid groups (broad SMARTS) is 2. The lowest BCUT2D eigenvalue weighted by Gasteiger charge is -2.23. The number of aliphatic carboxylic acids is 2. The molecule has 39 heavy (non-hydrogen) atoms. The summed E-state index contributed by atoms with van der Waals surface area (Å²) in [5.41, 5.74) is 1.05. The molecule has 4 aromatic rings. The van der Waals surface area contributed by atoms with Gasteiger partial charge in [-0.15, -0.1) is 0 Å². The van der Waals surface area contributed by atoms with E-state index in [0.29, 0.717) is 18.7 Å². The highest BCUT2D eigenvalue weighted by Crippen LogP contribution is 2.34. The minimum atomic E-state index is -1.47. The van der Waals surface area contributed by atoms with Crippen LogP contribution in [0.25, 0.3) is 21.7 Å². The molecule has 1 heterocycles. The van der Waals surface area contributed by atoms with E-state index in [1.165, 1.54) is 23.3 Å². The van der Waals surface area contributed by atoms with Crippen LogP contribution in [0.1, 0.15) is 36.2 Å². The van der Waals surface area contributed by atoms with Crippen molar-refractivity contribution in [3.63, 3.8) is 0 Å². The number of carbonyl (C=O) groups is 3. The van der Waals surface area contributed by atoms with Crippen molar-refractivity contribution in [2.24, 2.45) is 5.41 Å². The number of halogens is 1. The number of allylic oxidation sites excluding steroid dienone is 2. The highest BCUT2D eigenvalue weighted by molar-refractivity contribution is 6.03. The van der Waals surface area contributed by atoms with Crippen molar-refractivity contribution in [3.05, 3.63) is 108 Å². The van der Waals surface area contributed by atoms with E-state index in [-0.39, 0.29) is 18.0 Å². The number of benzene rings is 3. The number of aromatic nitrogens is 1. The van der Waals surface area contributed by atoms with Crippen molar-refractivity contribution in [2.75, 3.05) is 6.61 Å². The fourth-order valence-corrected chi connectivity index (χ4v) is 4.59. The predicted molar refractivity (Wildman–Crippen MR) is 146 cm³/mol. The molecule has 1 aromatic heterocycles. The van der Waals surface area contributed by atoms with Gasteiger partial charge < -0.3 is 19.5 Å². The van der Waals surface area contributed by atoms with Gasteiger partial charge in [-0.2, -0.15) is 0 Å². The maximum atomic E-state index is 12.9. The molecule has 0 fully saturated rings. The lowest BCUT2D eigenvalue weighted by atomic mass is 9.80. The Bertz CT molecular complexity index is 1630. The zero-order valence-corrected chi connectivity index (χ0v) is 21.6. The Hall–Kier alpha value is -4.72. The van der Waals surface area contributed by atoms with Gasteiger partial charge in [-0.25, -0.2) is 14.0 Å². The third kappa shape index (κ3) is 6.06. The van der Waals surface area contributed by atoms with Gasteiger partial charge in [-0.3, -0.25) is 4.79 Å². The molecule has 1 unspecified atom stereocenters. The Morgan fingerprint density at radius 1 is 0.974 bits per heavy atom. The van der Waals surface area contributed by atoms with Crippen LogP contribution in [0.5, 0.6) is 0 Å². The number of hydrogen-bond donors (Lipinski definition) is 2. The zero-order valence-electron chi connectivity index (χ0n) is 21.6. The molecule has 0 saturated carbocycles. The molecule has 1 atom stereocenters. The van der Waals surface area contributed by atoms with Crippen LogP contribution >= 0.6 is 0 Å². The molecule has 1 aliphatic carbocycles. The van der Waals surface area contributed by atoms with E-state index in [4.69, 9.17) is 14.9 Å². The van der Waals surface area contributed by atoms with Crippen molar-refractivity contribution < 1.29 is 33.7 Å². The first kappa shape index (κ1) is 27.3. The summed E-state index contributed by atoms with van der Waals surface area (Å²) < 4.78 is 20.2. The van der Waals surface area contributed by atoms with E-state index in [0.717, 1.165) is 23.1 Å². The molecule has 0 aliphatic heterocycles. The van der Waals surface area contributed by atoms with Crippen LogP contribution in [-0.2, 0) is 20.9 Å². The molecule has 8 heteroatoms. The number of carboxylic acids is 2. The minimum Gasteiger partial charge on any atom is -0.481 e. The molecule has 0 radical (unpaired) electrons. The fraction of sp³-hybridized carbons (Fsp3) is 0.194. The quantitative estimate of drug-likeness (QED) is 0.281. The molecular weight excluding hydrogens is 501 g/mol. The summed E-state index contributed by atoms with van der Waals surface area (Å²) >= 11 is 0. The van der Waals surface area contributed by atoms with Crippen LogP contribution < -0.4 is 0 Å². The Balaban J connectivity index is 0.000000215. The van der Waals surface area contributed by atoms with Crippen LogP contribution in [0.15, 0.2) is 96.5 Å². The van der Waals surface area contributed by atoms with Gasteiger partial charge >= 0.3 is 17.9 Å². The summed E-state index contributed by atoms with van der Waals surface area (Å²) in [6.45, 7) is 4.20. The molecule has 0 spiro atoms. The average Bonchev–Trinajstić information content (AvgIpc) is 3.31. The Kier molecular flexibility index (Phi) is 7.95. The summed E-state index contributed by atoms with van der Waals surface area (Å²) in [7, 11) is 0. The minimum absolute atomic E-state index is 0.203. The lowest BCUT2D eigenvalue weighted by molar-refractivity contribution is -0.145. The van der Waals surface area contributed by atoms with Gasteiger partial charge in [-0.1, -0.05) is 48.5 Å². The van der Waals surface area contributed by atoms with Gasteiger partial charge in [0.1, 0.15) is 5.83 Å². The second-order valence-corrected chi connectivity index (χ2v) is 9.49. The highest BCUT2D eigenvalue weighted by Gasteiger charge is 2.36. The zero-order chi connectivity index (χ0) is 28.2. The van der Waals surface area contributed by atoms with Gasteiger partial charge in [-0.05, 0) is 67.0 Å². The van der Waals surface area contributed by atoms with Crippen molar-refractivity contribution in [1.82, 2.24) is 4.57 Å². The first-order chi connectivity index (χ1) is 18.6. The number of esters is 1. The standard InChI is InChI=1S/C22H19NO2.C9H9FO4/c1-2-25-22(24)20-9-5-8-18-12-13-23(21(18)20)15-16-10-11-17-6-3-4-7-19(17)14-16;1-9(8(13)14)3-5(7(11)12)2-6(10)4-9/h3-14H,2,15H2,1H3;2,4H,3H2,1H3,(H,11,12)(H,13,14). The molecule has 3 aromatic carbocycles. The number of ether oxygens (including phenoxy) is 1. The highest BCUT2D eigenvalue weighted by atomic mass is 19.1. The van der Waals surface area contributed by atoms with E-state index < -0.39 is 23.2 Å². The summed E-state index contributed by atoms with van der Waals surface area (Å²) in [5, 5.41) is 20.9. The second-order valence-electron chi connectivity index (χ2n) is 9.49. The monoisotopic (exact) mass is 529 g/mol. The Morgan fingerprint density at radius 2 is 1.69 bits per heavy atom. The van der Waals surface area contributed by atoms with Gasteiger partial charge in [0.05, 0.1) is 23.1 Å². The first-order valence-electron chi connectivity index (χ1n) is 12.4.